The summed E-state index contributed by atoms with van der Waals surface area (Å²) in [6.07, 6.45) is 2.72. The summed E-state index contributed by atoms with van der Waals surface area (Å²) >= 11 is 0. The van der Waals surface area contributed by atoms with E-state index in [9.17, 15) is 27.6 Å². The van der Waals surface area contributed by atoms with E-state index in [0.29, 0.717) is 30.5 Å². The molecule has 0 spiro atoms. The third-order valence-corrected chi connectivity index (χ3v) is 8.11. The van der Waals surface area contributed by atoms with E-state index in [-0.39, 0.29) is 47.1 Å². The fourth-order valence-electron chi connectivity index (χ4n) is 5.73. The van der Waals surface area contributed by atoms with Gasteiger partial charge in [-0.2, -0.15) is 13.2 Å². The topological polar surface area (TPSA) is 95.0 Å². The van der Waals surface area contributed by atoms with E-state index >= 15 is 0 Å². The molecule has 2 aliphatic rings. The molecule has 0 N–H and O–H groups in total. The molecule has 0 saturated heterocycles. The summed E-state index contributed by atoms with van der Waals surface area (Å²) in [4.78, 5) is 43.5. The van der Waals surface area contributed by atoms with Crippen LogP contribution in [-0.2, 0) is 20.4 Å². The molecule has 1 aromatic carbocycles. The summed E-state index contributed by atoms with van der Waals surface area (Å²) in [7, 11) is 2.86. The number of halogens is 3. The molecule has 0 atom stereocenters. The zero-order chi connectivity index (χ0) is 29.7. The molecule has 0 unspecified atom stereocenters. The van der Waals surface area contributed by atoms with E-state index in [1.807, 2.05) is 0 Å². The number of alkyl halides is 3. The van der Waals surface area contributed by atoms with Crippen LogP contribution in [0.1, 0.15) is 84.6 Å². The van der Waals surface area contributed by atoms with Gasteiger partial charge < -0.3 is 19.1 Å². The molecule has 8 nitrogen and oxygen atoms in total. The van der Waals surface area contributed by atoms with Gasteiger partial charge in [0, 0.05) is 30.8 Å². The number of benzene rings is 1. The van der Waals surface area contributed by atoms with Crippen molar-refractivity contribution in [3.8, 4) is 11.6 Å². The van der Waals surface area contributed by atoms with Crippen molar-refractivity contribution in [1.82, 2.24) is 4.98 Å². The van der Waals surface area contributed by atoms with Crippen molar-refractivity contribution < 1.29 is 41.8 Å². The summed E-state index contributed by atoms with van der Waals surface area (Å²) in [5, 5.41) is 0. The lowest BCUT2D eigenvalue weighted by atomic mass is 9.81. The summed E-state index contributed by atoms with van der Waals surface area (Å²) in [5.41, 5.74) is -1.17. The number of anilines is 1. The lowest BCUT2D eigenvalue weighted by molar-refractivity contribution is -0.138. The van der Waals surface area contributed by atoms with Gasteiger partial charge in [-0.25, -0.2) is 9.78 Å². The van der Waals surface area contributed by atoms with Crippen LogP contribution in [0.5, 0.6) is 11.6 Å². The molecule has 4 rings (SSSR count). The second-order valence-corrected chi connectivity index (χ2v) is 10.8. The lowest BCUT2D eigenvalue weighted by Gasteiger charge is -2.40. The minimum Gasteiger partial charge on any atom is -0.465 e. The SMILES string of the molecule is COC(=O)c1cc(Oc2ncc(C=O)cc2C(F)(F)F)ccc1N(C(=O)C1CCC(C)CC1)C1CCC(OC)CC1. The van der Waals surface area contributed by atoms with Crippen molar-refractivity contribution in [3.05, 3.63) is 47.2 Å². The lowest BCUT2D eigenvalue weighted by Crippen LogP contribution is -2.47. The van der Waals surface area contributed by atoms with Crippen LogP contribution in [0.25, 0.3) is 0 Å². The van der Waals surface area contributed by atoms with Crippen molar-refractivity contribution in [1.29, 1.82) is 0 Å². The minimum atomic E-state index is -4.84. The van der Waals surface area contributed by atoms with Crippen LogP contribution in [-0.4, -0.2) is 49.5 Å². The quantitative estimate of drug-likeness (QED) is 0.258. The van der Waals surface area contributed by atoms with Gasteiger partial charge in [0.1, 0.15) is 11.3 Å². The molecule has 2 saturated carbocycles. The Kier molecular flexibility index (Phi) is 9.68. The number of esters is 1. The summed E-state index contributed by atoms with van der Waals surface area (Å²) in [5.74, 6) is -1.35. The first-order valence-electron chi connectivity index (χ1n) is 13.8. The number of methoxy groups -OCH3 is 2. The summed E-state index contributed by atoms with van der Waals surface area (Å²) in [6.45, 7) is 2.17. The highest BCUT2D eigenvalue weighted by Crippen LogP contribution is 2.40. The predicted molar refractivity (Wildman–Crippen MR) is 144 cm³/mol. The number of pyridine rings is 1. The van der Waals surface area contributed by atoms with E-state index in [1.54, 1.807) is 12.0 Å². The fraction of sp³-hybridized carbons (Fsp3) is 0.533. The highest BCUT2D eigenvalue weighted by Gasteiger charge is 2.38. The largest absolute Gasteiger partial charge is 0.465 e. The number of hydrogen-bond donors (Lipinski definition) is 0. The van der Waals surface area contributed by atoms with Gasteiger partial charge in [0.15, 0.2) is 6.29 Å². The van der Waals surface area contributed by atoms with Crippen molar-refractivity contribution >= 4 is 23.9 Å². The van der Waals surface area contributed by atoms with Gasteiger partial charge in [-0.1, -0.05) is 6.92 Å². The van der Waals surface area contributed by atoms with Crippen LogP contribution >= 0.6 is 0 Å². The Morgan fingerprint density at radius 3 is 2.27 bits per heavy atom. The third-order valence-electron chi connectivity index (χ3n) is 8.11. The molecule has 0 radical (unpaired) electrons. The number of ether oxygens (including phenoxy) is 3. The van der Waals surface area contributed by atoms with Crippen LogP contribution in [0, 0.1) is 11.8 Å². The standard InChI is InChI=1S/C30H35F3N2O6/c1-18-4-6-20(7-5-18)28(37)35(21-8-10-22(39-2)11-9-21)26-13-12-23(15-24(26)29(38)40-3)41-27-25(30(31,32)33)14-19(17-36)16-34-27/h12-18,20-22H,4-11H2,1-3H3. The third kappa shape index (κ3) is 7.06. The molecule has 41 heavy (non-hydrogen) atoms. The Balaban J connectivity index is 1.73. The van der Waals surface area contributed by atoms with E-state index < -0.39 is 23.6 Å². The summed E-state index contributed by atoms with van der Waals surface area (Å²) in [6, 6.07) is 4.65. The fourth-order valence-corrected chi connectivity index (χ4v) is 5.73. The molecule has 0 aliphatic heterocycles. The van der Waals surface area contributed by atoms with Crippen LogP contribution in [0.2, 0.25) is 0 Å². The zero-order valence-electron chi connectivity index (χ0n) is 23.4. The van der Waals surface area contributed by atoms with Gasteiger partial charge in [-0.05, 0) is 81.5 Å². The predicted octanol–water partition coefficient (Wildman–Crippen LogP) is 6.61. The first kappa shape index (κ1) is 30.5. The molecule has 11 heteroatoms. The monoisotopic (exact) mass is 576 g/mol. The molecule has 1 heterocycles. The number of rotatable bonds is 8. The highest BCUT2D eigenvalue weighted by atomic mass is 19.4. The number of amides is 1. The van der Waals surface area contributed by atoms with Crippen LogP contribution in [0.4, 0.5) is 18.9 Å². The molecule has 2 aromatic rings. The minimum absolute atomic E-state index is 0.00513. The summed E-state index contributed by atoms with van der Waals surface area (Å²) < 4.78 is 57.1. The Labute approximate surface area is 237 Å². The molecule has 2 aliphatic carbocycles. The first-order valence-corrected chi connectivity index (χ1v) is 13.8. The number of nitrogens with zero attached hydrogens (tertiary/aromatic N) is 2. The molecule has 1 aromatic heterocycles. The van der Waals surface area contributed by atoms with E-state index in [2.05, 4.69) is 11.9 Å². The number of carbonyl (C=O) groups excluding carboxylic acids is 3. The van der Waals surface area contributed by atoms with E-state index in [4.69, 9.17) is 14.2 Å². The van der Waals surface area contributed by atoms with Crippen molar-refractivity contribution in [2.45, 2.75) is 76.6 Å². The van der Waals surface area contributed by atoms with E-state index in [1.165, 1.54) is 25.3 Å². The number of aromatic nitrogens is 1. The van der Waals surface area contributed by atoms with Gasteiger partial charge >= 0.3 is 12.1 Å². The molecular weight excluding hydrogens is 541 g/mol. The Hall–Kier alpha value is -3.47. The average Bonchev–Trinajstić information content (AvgIpc) is 2.97. The van der Waals surface area contributed by atoms with Crippen LogP contribution in [0.15, 0.2) is 30.5 Å². The van der Waals surface area contributed by atoms with Crippen molar-refractivity contribution in [3.63, 3.8) is 0 Å². The zero-order valence-corrected chi connectivity index (χ0v) is 23.4. The van der Waals surface area contributed by atoms with Crippen molar-refractivity contribution in [2.24, 2.45) is 11.8 Å². The molecule has 222 valence electrons. The number of hydrogen-bond acceptors (Lipinski definition) is 7. The average molecular weight is 577 g/mol. The smallest absolute Gasteiger partial charge is 0.421 e. The first-order chi connectivity index (χ1) is 19.5. The molecule has 0 bridgehead atoms. The van der Waals surface area contributed by atoms with Crippen molar-refractivity contribution in [2.75, 3.05) is 19.1 Å². The second-order valence-electron chi connectivity index (χ2n) is 10.8. The second kappa shape index (κ2) is 13.0. The number of carbonyl (C=O) groups is 3. The van der Waals surface area contributed by atoms with Gasteiger partial charge in [-0.3, -0.25) is 9.59 Å². The maximum Gasteiger partial charge on any atom is 0.421 e. The Morgan fingerprint density at radius 2 is 1.68 bits per heavy atom. The van der Waals surface area contributed by atoms with Gasteiger partial charge in [0.2, 0.25) is 11.8 Å². The molecular formula is C30H35F3N2O6. The van der Waals surface area contributed by atoms with E-state index in [0.717, 1.165) is 44.7 Å². The molecule has 2 fully saturated rings. The van der Waals surface area contributed by atoms with Crippen LogP contribution < -0.4 is 9.64 Å². The van der Waals surface area contributed by atoms with Gasteiger partial charge in [0.05, 0.1) is 24.5 Å². The van der Waals surface area contributed by atoms with Crippen LogP contribution in [0.3, 0.4) is 0 Å². The van der Waals surface area contributed by atoms with Gasteiger partial charge in [0.25, 0.3) is 0 Å². The highest BCUT2D eigenvalue weighted by molar-refractivity contribution is 6.04. The Bertz CT molecular complexity index is 1250. The maximum absolute atomic E-state index is 14.1. The maximum atomic E-state index is 14.1. The van der Waals surface area contributed by atoms with Gasteiger partial charge in [-0.15, -0.1) is 0 Å². The normalized spacial score (nSPS) is 23.0. The Morgan fingerprint density at radius 1 is 1.00 bits per heavy atom. The molecule has 1 amide bonds. The number of aldehydes is 1.